The summed E-state index contributed by atoms with van der Waals surface area (Å²) in [6, 6.07) is 4.66. The summed E-state index contributed by atoms with van der Waals surface area (Å²) in [7, 11) is 1.76. The average molecular weight is 266 g/mol. The van der Waals surface area contributed by atoms with Gasteiger partial charge in [-0.15, -0.1) is 0 Å². The molecule has 1 aliphatic heterocycles. The molecular weight excluding hydrogens is 247 g/mol. The zero-order chi connectivity index (χ0) is 14.0. The van der Waals surface area contributed by atoms with E-state index >= 15 is 0 Å². The summed E-state index contributed by atoms with van der Waals surface area (Å²) < 4.78 is 14.1. The van der Waals surface area contributed by atoms with Crippen LogP contribution in [0.4, 0.5) is 10.1 Å². The lowest BCUT2D eigenvalue weighted by molar-refractivity contribution is -0.127. The van der Waals surface area contributed by atoms with E-state index in [4.69, 9.17) is 0 Å². The molecule has 0 unspecified atom stereocenters. The first-order chi connectivity index (χ1) is 8.99. The van der Waals surface area contributed by atoms with Gasteiger partial charge in [0.2, 0.25) is 5.91 Å². The number of hydrogen-bond acceptors (Lipinski definition) is 3. The summed E-state index contributed by atoms with van der Waals surface area (Å²) in [5.41, 5.74) is 0.965. The molecule has 1 aromatic rings. The van der Waals surface area contributed by atoms with Gasteiger partial charge in [0.25, 0.3) is 0 Å². The number of aliphatic hydroxyl groups is 1. The Morgan fingerprint density at radius 2 is 2.11 bits per heavy atom. The van der Waals surface area contributed by atoms with Crippen LogP contribution in [-0.4, -0.2) is 42.6 Å². The Balaban J connectivity index is 2.24. The highest BCUT2D eigenvalue weighted by Crippen LogP contribution is 2.24. The van der Waals surface area contributed by atoms with Crippen molar-refractivity contribution < 1.29 is 14.3 Å². The van der Waals surface area contributed by atoms with E-state index in [1.54, 1.807) is 35.9 Å². The number of carbonyl (C=O) groups is 1. The van der Waals surface area contributed by atoms with Crippen LogP contribution in [0.5, 0.6) is 0 Å². The second-order valence-electron chi connectivity index (χ2n) is 4.98. The molecule has 1 atom stereocenters. The summed E-state index contributed by atoms with van der Waals surface area (Å²) >= 11 is 0. The molecule has 0 saturated carbocycles. The Kier molecular flexibility index (Phi) is 4.04. The van der Waals surface area contributed by atoms with Gasteiger partial charge in [0.15, 0.2) is 0 Å². The van der Waals surface area contributed by atoms with Gasteiger partial charge in [-0.2, -0.15) is 0 Å². The van der Waals surface area contributed by atoms with Crippen molar-refractivity contribution in [1.82, 2.24) is 4.90 Å². The number of amides is 1. The first kappa shape index (κ1) is 13.8. The summed E-state index contributed by atoms with van der Waals surface area (Å²) in [5.74, 6) is -0.396. The number of carbonyl (C=O) groups excluding carboxylic acids is 1. The van der Waals surface area contributed by atoms with Gasteiger partial charge >= 0.3 is 0 Å². The molecule has 1 fully saturated rings. The van der Waals surface area contributed by atoms with Crippen molar-refractivity contribution >= 4 is 11.6 Å². The quantitative estimate of drug-likeness (QED) is 0.883. The molecule has 1 amide bonds. The average Bonchev–Trinajstić information content (AvgIpc) is 2.52. The monoisotopic (exact) mass is 266 g/mol. The maximum Gasteiger partial charge on any atom is 0.241 e. The van der Waals surface area contributed by atoms with E-state index < -0.39 is 11.9 Å². The number of hydrogen-bond donors (Lipinski definition) is 1. The van der Waals surface area contributed by atoms with Crippen molar-refractivity contribution in [3.63, 3.8) is 0 Å². The minimum atomic E-state index is -0.694. The Labute approximate surface area is 112 Å². The van der Waals surface area contributed by atoms with Crippen LogP contribution in [0.2, 0.25) is 0 Å². The predicted octanol–water partition coefficient (Wildman–Crippen LogP) is 1.55. The van der Waals surface area contributed by atoms with Gasteiger partial charge in [-0.05, 0) is 31.0 Å². The highest BCUT2D eigenvalue weighted by molar-refractivity contribution is 5.81. The van der Waals surface area contributed by atoms with Crippen LogP contribution < -0.4 is 4.90 Å². The molecule has 1 aromatic carbocycles. The fourth-order valence-electron chi connectivity index (χ4n) is 2.23. The van der Waals surface area contributed by atoms with Crippen LogP contribution in [0.15, 0.2) is 18.2 Å². The third-order valence-electron chi connectivity index (χ3n) is 3.47. The predicted molar refractivity (Wildman–Crippen MR) is 71.5 cm³/mol. The molecule has 1 aliphatic rings. The number of nitrogens with zero attached hydrogens (tertiary/aromatic N) is 2. The molecule has 0 radical (unpaired) electrons. The number of anilines is 1. The Bertz CT molecular complexity index is 477. The minimum Gasteiger partial charge on any atom is -0.389 e. The lowest BCUT2D eigenvalue weighted by Crippen LogP contribution is -2.34. The molecule has 1 N–H and O–H groups in total. The first-order valence-corrected chi connectivity index (χ1v) is 6.45. The topological polar surface area (TPSA) is 43.8 Å². The molecule has 0 bridgehead atoms. The highest BCUT2D eigenvalue weighted by atomic mass is 19.1. The molecule has 0 aromatic heterocycles. The van der Waals surface area contributed by atoms with Crippen molar-refractivity contribution in [1.29, 1.82) is 0 Å². The van der Waals surface area contributed by atoms with E-state index in [1.165, 1.54) is 6.07 Å². The molecule has 2 rings (SSSR count). The maximum atomic E-state index is 14.1. The summed E-state index contributed by atoms with van der Waals surface area (Å²) in [4.78, 5) is 15.2. The fourth-order valence-corrected chi connectivity index (χ4v) is 2.23. The zero-order valence-electron chi connectivity index (χ0n) is 11.3. The number of likely N-dealkylation sites (N-methyl/N-ethyl adjacent to an activating group) is 1. The third-order valence-corrected chi connectivity index (χ3v) is 3.47. The molecule has 0 spiro atoms. The summed E-state index contributed by atoms with van der Waals surface area (Å²) in [6.45, 7) is 3.14. The van der Waals surface area contributed by atoms with Crippen LogP contribution in [0.3, 0.4) is 0 Å². The van der Waals surface area contributed by atoms with Crippen LogP contribution in [-0.2, 0) is 4.79 Å². The molecule has 1 heterocycles. The standard InChI is InChI=1S/C14H19FN2O2/c1-10(18)11-4-5-13(12(15)8-11)17-7-3-6-16(2)14(19)9-17/h4-5,8,10,18H,3,6-7,9H2,1-2H3/t10-/m0/s1. The van der Waals surface area contributed by atoms with Crippen LogP contribution >= 0.6 is 0 Å². The van der Waals surface area contributed by atoms with Crippen molar-refractivity contribution in [2.75, 3.05) is 31.6 Å². The highest BCUT2D eigenvalue weighted by Gasteiger charge is 2.21. The lowest BCUT2D eigenvalue weighted by Gasteiger charge is -2.23. The Hall–Kier alpha value is -1.62. The van der Waals surface area contributed by atoms with Gasteiger partial charge in [-0.3, -0.25) is 4.79 Å². The van der Waals surface area contributed by atoms with Crippen molar-refractivity contribution in [2.24, 2.45) is 0 Å². The Morgan fingerprint density at radius 3 is 2.74 bits per heavy atom. The van der Waals surface area contributed by atoms with Crippen LogP contribution in [0, 0.1) is 5.82 Å². The maximum absolute atomic E-state index is 14.1. The minimum absolute atomic E-state index is 0.00324. The van der Waals surface area contributed by atoms with E-state index in [-0.39, 0.29) is 12.5 Å². The van der Waals surface area contributed by atoms with E-state index in [0.717, 1.165) is 6.42 Å². The molecule has 104 valence electrons. The van der Waals surface area contributed by atoms with E-state index in [0.29, 0.717) is 24.3 Å². The van der Waals surface area contributed by atoms with Gasteiger partial charge in [0.05, 0.1) is 18.3 Å². The lowest BCUT2D eigenvalue weighted by atomic mass is 10.1. The molecule has 5 heteroatoms. The van der Waals surface area contributed by atoms with Crippen LogP contribution in [0.1, 0.15) is 25.0 Å². The zero-order valence-corrected chi connectivity index (χ0v) is 11.3. The number of benzene rings is 1. The third kappa shape index (κ3) is 3.04. The second-order valence-corrected chi connectivity index (χ2v) is 4.98. The smallest absolute Gasteiger partial charge is 0.241 e. The van der Waals surface area contributed by atoms with Gasteiger partial charge in [-0.25, -0.2) is 4.39 Å². The number of halogens is 1. The molecule has 0 aliphatic carbocycles. The van der Waals surface area contributed by atoms with Crippen molar-refractivity contribution in [2.45, 2.75) is 19.4 Å². The second kappa shape index (κ2) is 5.57. The van der Waals surface area contributed by atoms with Gasteiger partial charge in [0, 0.05) is 20.1 Å². The molecule has 4 nitrogen and oxygen atoms in total. The normalized spacial score (nSPS) is 18.4. The summed E-state index contributed by atoms with van der Waals surface area (Å²) in [6.07, 6.45) is 0.125. The Morgan fingerprint density at radius 1 is 1.37 bits per heavy atom. The van der Waals surface area contributed by atoms with E-state index in [2.05, 4.69) is 0 Å². The van der Waals surface area contributed by atoms with Crippen molar-refractivity contribution in [3.8, 4) is 0 Å². The van der Waals surface area contributed by atoms with Gasteiger partial charge in [0.1, 0.15) is 5.82 Å². The molecule has 1 saturated heterocycles. The molecular formula is C14H19FN2O2. The molecule has 19 heavy (non-hydrogen) atoms. The largest absolute Gasteiger partial charge is 0.389 e. The van der Waals surface area contributed by atoms with E-state index in [9.17, 15) is 14.3 Å². The fraction of sp³-hybridized carbons (Fsp3) is 0.500. The van der Waals surface area contributed by atoms with Crippen molar-refractivity contribution in [3.05, 3.63) is 29.6 Å². The first-order valence-electron chi connectivity index (χ1n) is 6.45. The number of rotatable bonds is 2. The summed E-state index contributed by atoms with van der Waals surface area (Å²) in [5, 5.41) is 9.43. The van der Waals surface area contributed by atoms with Gasteiger partial charge < -0.3 is 14.9 Å². The van der Waals surface area contributed by atoms with Crippen LogP contribution in [0.25, 0.3) is 0 Å². The number of aliphatic hydroxyl groups excluding tert-OH is 1. The SMILES string of the molecule is C[C@H](O)c1ccc(N2CCCN(C)C(=O)C2)c(F)c1. The van der Waals surface area contributed by atoms with E-state index in [1.807, 2.05) is 0 Å². The van der Waals surface area contributed by atoms with Gasteiger partial charge in [-0.1, -0.05) is 6.07 Å².